The highest BCUT2D eigenvalue weighted by molar-refractivity contribution is 5.48. The molecule has 0 spiro atoms. The first kappa shape index (κ1) is 14.1. The number of rotatable bonds is 4. The fourth-order valence-electron chi connectivity index (χ4n) is 3.13. The quantitative estimate of drug-likeness (QED) is 0.939. The molecule has 2 heterocycles. The molecule has 1 unspecified atom stereocenters. The van der Waals surface area contributed by atoms with Crippen molar-refractivity contribution in [1.29, 1.82) is 0 Å². The van der Waals surface area contributed by atoms with E-state index < -0.39 is 0 Å². The number of ether oxygens (including phenoxy) is 1. The van der Waals surface area contributed by atoms with Crippen LogP contribution in [-0.2, 0) is 13.5 Å². The summed E-state index contributed by atoms with van der Waals surface area (Å²) in [6.07, 6.45) is 4.31. The van der Waals surface area contributed by atoms with Crippen molar-refractivity contribution >= 4 is 0 Å². The molecule has 1 aliphatic heterocycles. The Morgan fingerprint density at radius 1 is 1.38 bits per heavy atom. The summed E-state index contributed by atoms with van der Waals surface area (Å²) in [5.74, 6) is 1.07. The minimum atomic E-state index is 0.136. The molecule has 1 aliphatic rings. The highest BCUT2D eigenvalue weighted by atomic mass is 16.5. The van der Waals surface area contributed by atoms with Crippen LogP contribution < -0.4 is 10.1 Å². The summed E-state index contributed by atoms with van der Waals surface area (Å²) in [5, 5.41) is 8.07. The molecule has 2 aromatic rings. The second kappa shape index (κ2) is 5.90. The second-order valence-corrected chi connectivity index (χ2v) is 5.62. The number of fused-ring (bicyclic) bond motifs is 1. The van der Waals surface area contributed by atoms with E-state index in [0.717, 1.165) is 37.4 Å². The molecular weight excluding hydrogens is 262 g/mol. The Labute approximate surface area is 126 Å². The molecule has 1 aromatic heterocycles. The van der Waals surface area contributed by atoms with E-state index in [1.807, 2.05) is 11.7 Å². The first-order valence-corrected chi connectivity index (χ1v) is 7.68. The van der Waals surface area contributed by atoms with Crippen molar-refractivity contribution in [3.63, 3.8) is 0 Å². The molecule has 0 fully saturated rings. The van der Waals surface area contributed by atoms with E-state index in [1.165, 1.54) is 16.7 Å². The van der Waals surface area contributed by atoms with Crippen molar-refractivity contribution in [3.05, 3.63) is 46.8 Å². The summed E-state index contributed by atoms with van der Waals surface area (Å²) in [7, 11) is 1.97. The SMILES string of the molecule is CCNC(c1cn(C)nc1C)c1cccc2c1OCCC2. The molecular formula is C17H23N3O. The Balaban J connectivity index is 2.07. The number of hydrogen-bond donors (Lipinski definition) is 1. The van der Waals surface area contributed by atoms with E-state index in [9.17, 15) is 0 Å². The molecule has 0 saturated carbocycles. The van der Waals surface area contributed by atoms with E-state index in [2.05, 4.69) is 48.7 Å². The number of para-hydroxylation sites is 1. The van der Waals surface area contributed by atoms with Crippen molar-refractivity contribution in [2.24, 2.45) is 7.05 Å². The van der Waals surface area contributed by atoms with Crippen LogP contribution in [0.5, 0.6) is 5.75 Å². The Hall–Kier alpha value is -1.81. The highest BCUT2D eigenvalue weighted by Gasteiger charge is 2.24. The van der Waals surface area contributed by atoms with Crippen LogP contribution in [0.3, 0.4) is 0 Å². The third kappa shape index (κ3) is 2.68. The molecule has 1 atom stereocenters. The lowest BCUT2D eigenvalue weighted by Crippen LogP contribution is -2.24. The van der Waals surface area contributed by atoms with E-state index in [-0.39, 0.29) is 6.04 Å². The smallest absolute Gasteiger partial charge is 0.127 e. The average Bonchev–Trinajstić information content (AvgIpc) is 2.83. The van der Waals surface area contributed by atoms with Gasteiger partial charge in [0.25, 0.3) is 0 Å². The number of aryl methyl sites for hydroxylation is 3. The lowest BCUT2D eigenvalue weighted by Gasteiger charge is -2.25. The predicted octanol–water partition coefficient (Wildman–Crippen LogP) is 2.75. The Morgan fingerprint density at radius 3 is 2.95 bits per heavy atom. The predicted molar refractivity (Wildman–Crippen MR) is 83.7 cm³/mol. The molecule has 112 valence electrons. The standard InChI is InChI=1S/C17H23N3O/c1-4-18-16(15-11-20(3)19-12(15)2)14-9-5-7-13-8-6-10-21-17(13)14/h5,7,9,11,16,18H,4,6,8,10H2,1-3H3. The second-order valence-electron chi connectivity index (χ2n) is 5.62. The zero-order valence-corrected chi connectivity index (χ0v) is 13.0. The van der Waals surface area contributed by atoms with Crippen LogP contribution in [0.2, 0.25) is 0 Å². The van der Waals surface area contributed by atoms with Crippen molar-refractivity contribution < 1.29 is 4.74 Å². The Bertz CT molecular complexity index is 633. The van der Waals surface area contributed by atoms with Crippen LogP contribution in [0, 0.1) is 6.92 Å². The largest absolute Gasteiger partial charge is 0.493 e. The fraction of sp³-hybridized carbons (Fsp3) is 0.471. The summed E-state index contributed by atoms with van der Waals surface area (Å²) in [6.45, 7) is 5.92. The van der Waals surface area contributed by atoms with Crippen molar-refractivity contribution in [1.82, 2.24) is 15.1 Å². The van der Waals surface area contributed by atoms with Gasteiger partial charge in [0.05, 0.1) is 18.3 Å². The molecule has 0 amide bonds. The summed E-state index contributed by atoms with van der Waals surface area (Å²) >= 11 is 0. The maximum absolute atomic E-state index is 5.98. The molecule has 4 heteroatoms. The third-order valence-corrected chi connectivity index (χ3v) is 4.05. The van der Waals surface area contributed by atoms with Gasteiger partial charge in [0.1, 0.15) is 5.75 Å². The zero-order chi connectivity index (χ0) is 14.8. The molecule has 0 saturated heterocycles. The van der Waals surface area contributed by atoms with Gasteiger partial charge >= 0.3 is 0 Å². The van der Waals surface area contributed by atoms with Gasteiger partial charge in [-0.05, 0) is 31.9 Å². The van der Waals surface area contributed by atoms with Gasteiger partial charge < -0.3 is 10.1 Å². The van der Waals surface area contributed by atoms with E-state index in [1.54, 1.807) is 0 Å². The van der Waals surface area contributed by atoms with Gasteiger partial charge in [-0.3, -0.25) is 4.68 Å². The van der Waals surface area contributed by atoms with Crippen LogP contribution in [0.15, 0.2) is 24.4 Å². The van der Waals surface area contributed by atoms with Crippen LogP contribution in [0.1, 0.15) is 41.8 Å². The van der Waals surface area contributed by atoms with Gasteiger partial charge in [0.2, 0.25) is 0 Å². The molecule has 21 heavy (non-hydrogen) atoms. The number of aromatic nitrogens is 2. The number of nitrogens with zero attached hydrogens (tertiary/aromatic N) is 2. The van der Waals surface area contributed by atoms with Gasteiger partial charge in [-0.25, -0.2) is 0 Å². The van der Waals surface area contributed by atoms with Gasteiger partial charge in [0.15, 0.2) is 0 Å². The lowest BCUT2D eigenvalue weighted by atomic mass is 9.94. The molecule has 1 N–H and O–H groups in total. The van der Waals surface area contributed by atoms with Crippen LogP contribution in [0.25, 0.3) is 0 Å². The first-order valence-electron chi connectivity index (χ1n) is 7.68. The van der Waals surface area contributed by atoms with Crippen LogP contribution >= 0.6 is 0 Å². The number of nitrogens with one attached hydrogen (secondary N) is 1. The highest BCUT2D eigenvalue weighted by Crippen LogP contribution is 2.36. The van der Waals surface area contributed by atoms with Gasteiger partial charge in [-0.1, -0.05) is 25.1 Å². The van der Waals surface area contributed by atoms with E-state index >= 15 is 0 Å². The lowest BCUT2D eigenvalue weighted by molar-refractivity contribution is 0.283. The van der Waals surface area contributed by atoms with Crippen molar-refractivity contribution in [2.45, 2.75) is 32.7 Å². The van der Waals surface area contributed by atoms with Crippen LogP contribution in [-0.4, -0.2) is 22.9 Å². The topological polar surface area (TPSA) is 39.1 Å². The maximum Gasteiger partial charge on any atom is 0.127 e. The molecule has 1 aromatic carbocycles. The molecule has 0 bridgehead atoms. The maximum atomic E-state index is 5.98. The summed E-state index contributed by atoms with van der Waals surface area (Å²) in [4.78, 5) is 0. The monoisotopic (exact) mass is 285 g/mol. The minimum absolute atomic E-state index is 0.136. The van der Waals surface area contributed by atoms with Gasteiger partial charge in [-0.2, -0.15) is 5.10 Å². The van der Waals surface area contributed by atoms with Crippen LogP contribution in [0.4, 0.5) is 0 Å². The molecule has 3 rings (SSSR count). The first-order chi connectivity index (χ1) is 10.2. The molecule has 4 nitrogen and oxygen atoms in total. The minimum Gasteiger partial charge on any atom is -0.493 e. The number of hydrogen-bond acceptors (Lipinski definition) is 3. The third-order valence-electron chi connectivity index (χ3n) is 4.05. The van der Waals surface area contributed by atoms with Gasteiger partial charge in [-0.15, -0.1) is 0 Å². The fourth-order valence-corrected chi connectivity index (χ4v) is 3.13. The molecule has 0 aliphatic carbocycles. The zero-order valence-electron chi connectivity index (χ0n) is 13.0. The molecule has 0 radical (unpaired) electrons. The van der Waals surface area contributed by atoms with Crippen molar-refractivity contribution in [3.8, 4) is 5.75 Å². The normalized spacial score (nSPS) is 15.4. The summed E-state index contributed by atoms with van der Waals surface area (Å²) in [6, 6.07) is 6.62. The Kier molecular flexibility index (Phi) is 3.97. The van der Waals surface area contributed by atoms with E-state index in [0.29, 0.717) is 0 Å². The van der Waals surface area contributed by atoms with E-state index in [4.69, 9.17) is 4.74 Å². The summed E-state index contributed by atoms with van der Waals surface area (Å²) < 4.78 is 7.86. The average molecular weight is 285 g/mol. The van der Waals surface area contributed by atoms with Gasteiger partial charge in [0, 0.05) is 24.4 Å². The van der Waals surface area contributed by atoms with Crippen molar-refractivity contribution in [2.75, 3.05) is 13.2 Å². The number of benzene rings is 1. The Morgan fingerprint density at radius 2 is 2.24 bits per heavy atom. The summed E-state index contributed by atoms with van der Waals surface area (Å²) in [5.41, 5.74) is 4.84.